The van der Waals surface area contributed by atoms with Crippen molar-refractivity contribution in [2.75, 3.05) is 13.2 Å². The number of carbonyl (C=O) groups excluding carboxylic acids is 5. The van der Waals surface area contributed by atoms with Crippen molar-refractivity contribution in [1.82, 2.24) is 26.8 Å². The molecule has 0 aromatic rings. The number of hydrogen-bond donors (Lipinski definition) is 5. The van der Waals surface area contributed by atoms with Crippen LogP contribution >= 0.6 is 0 Å². The molecule has 3 atom stereocenters. The Morgan fingerprint density at radius 1 is 0.970 bits per heavy atom. The molecule has 1 aliphatic heterocycles. The number of ketones is 1. The molecule has 5 N–H and O–H groups in total. The Hall–Kier alpha value is -2.69. The van der Waals surface area contributed by atoms with Gasteiger partial charge in [0.15, 0.2) is 0 Å². The lowest BCUT2D eigenvalue weighted by Crippen LogP contribution is -2.63. The summed E-state index contributed by atoms with van der Waals surface area (Å²) in [6, 6.07) is -2.88. The number of amides is 4. The number of ether oxygens (including phenoxy) is 1. The minimum atomic E-state index is -1.03. The van der Waals surface area contributed by atoms with Crippen LogP contribution in [-0.4, -0.2) is 60.9 Å². The van der Waals surface area contributed by atoms with Gasteiger partial charge in [-0.3, -0.25) is 24.6 Å². The molecule has 11 heteroatoms. The van der Waals surface area contributed by atoms with Gasteiger partial charge in [-0.15, -0.1) is 0 Å². The van der Waals surface area contributed by atoms with E-state index >= 15 is 0 Å². The van der Waals surface area contributed by atoms with Gasteiger partial charge in [0.25, 0.3) is 0 Å². The molecule has 188 valence electrons. The van der Waals surface area contributed by atoms with E-state index < -0.39 is 47.7 Å². The second-order valence-corrected chi connectivity index (χ2v) is 10.4. The van der Waals surface area contributed by atoms with Crippen LogP contribution in [-0.2, 0) is 23.9 Å². The van der Waals surface area contributed by atoms with Crippen LogP contribution in [0.2, 0.25) is 0 Å². The van der Waals surface area contributed by atoms with E-state index in [1.807, 2.05) is 48.5 Å². The second-order valence-electron chi connectivity index (χ2n) is 10.4. The number of rotatable bonds is 10. The fourth-order valence-electron chi connectivity index (χ4n) is 3.08. The lowest BCUT2D eigenvalue weighted by Gasteiger charge is -2.28. The summed E-state index contributed by atoms with van der Waals surface area (Å²) in [5.74, 6) is -2.57. The highest BCUT2D eigenvalue weighted by molar-refractivity contribution is 6.39. The first-order valence-corrected chi connectivity index (χ1v) is 11.3. The molecule has 4 amide bonds. The van der Waals surface area contributed by atoms with Crippen LogP contribution in [0.4, 0.5) is 4.79 Å². The van der Waals surface area contributed by atoms with Gasteiger partial charge >= 0.3 is 12.0 Å². The number of Topliss-reactive ketones (excluding diaryl/α,β-unsaturated/α-hetero) is 1. The Labute approximate surface area is 195 Å². The van der Waals surface area contributed by atoms with Gasteiger partial charge in [-0.25, -0.2) is 10.2 Å². The van der Waals surface area contributed by atoms with Crippen molar-refractivity contribution in [3.8, 4) is 0 Å². The van der Waals surface area contributed by atoms with Crippen molar-refractivity contribution in [2.45, 2.75) is 79.4 Å². The van der Waals surface area contributed by atoms with E-state index in [4.69, 9.17) is 4.74 Å². The zero-order chi connectivity index (χ0) is 25.3. The molecular formula is C22H39N5O6. The molecule has 1 aliphatic rings. The van der Waals surface area contributed by atoms with Gasteiger partial charge < -0.3 is 20.7 Å². The molecule has 33 heavy (non-hydrogen) atoms. The predicted molar refractivity (Wildman–Crippen MR) is 122 cm³/mol. The van der Waals surface area contributed by atoms with Crippen LogP contribution in [0.1, 0.15) is 61.3 Å². The van der Waals surface area contributed by atoms with Crippen LogP contribution in [0.3, 0.4) is 0 Å². The highest BCUT2D eigenvalue weighted by Crippen LogP contribution is 2.13. The maximum atomic E-state index is 13.0. The Kier molecular flexibility index (Phi) is 10.8. The summed E-state index contributed by atoms with van der Waals surface area (Å²) in [5.41, 5.74) is 4.50. The molecule has 1 saturated heterocycles. The van der Waals surface area contributed by atoms with E-state index in [0.29, 0.717) is 12.8 Å². The molecule has 0 spiro atoms. The molecule has 1 rings (SSSR count). The summed E-state index contributed by atoms with van der Waals surface area (Å²) in [5, 5.41) is 7.81. The SMILES string of the molecule is CC(C)CC(NC(=O)OCC(C)(C)C)C(=O)NC(CC(C)C)C(=O)NC1CNNC(=O)C1=O. The lowest BCUT2D eigenvalue weighted by atomic mass is 9.99. The highest BCUT2D eigenvalue weighted by Gasteiger charge is 2.34. The number of alkyl carbamates (subject to hydrolysis) is 1. The Bertz CT molecular complexity index is 731. The number of carbonyl (C=O) groups is 5. The fourth-order valence-corrected chi connectivity index (χ4v) is 3.08. The summed E-state index contributed by atoms with van der Waals surface area (Å²) < 4.78 is 5.22. The minimum Gasteiger partial charge on any atom is -0.449 e. The monoisotopic (exact) mass is 469 g/mol. The van der Waals surface area contributed by atoms with E-state index in [1.165, 1.54) is 0 Å². The van der Waals surface area contributed by atoms with Gasteiger partial charge in [-0.1, -0.05) is 48.5 Å². The topological polar surface area (TPSA) is 155 Å². The van der Waals surface area contributed by atoms with Crippen molar-refractivity contribution in [2.24, 2.45) is 17.3 Å². The van der Waals surface area contributed by atoms with Crippen molar-refractivity contribution in [3.05, 3.63) is 0 Å². The van der Waals surface area contributed by atoms with E-state index in [2.05, 4.69) is 26.8 Å². The van der Waals surface area contributed by atoms with Gasteiger partial charge in [0.05, 0.1) is 6.61 Å². The summed E-state index contributed by atoms with van der Waals surface area (Å²) >= 11 is 0. The maximum Gasteiger partial charge on any atom is 0.407 e. The zero-order valence-corrected chi connectivity index (χ0v) is 20.7. The zero-order valence-electron chi connectivity index (χ0n) is 20.7. The van der Waals surface area contributed by atoms with Crippen LogP contribution in [0.5, 0.6) is 0 Å². The van der Waals surface area contributed by atoms with E-state index in [1.54, 1.807) is 0 Å². The third-order valence-electron chi connectivity index (χ3n) is 4.66. The van der Waals surface area contributed by atoms with E-state index in [-0.39, 0.29) is 30.4 Å². The Morgan fingerprint density at radius 3 is 2.03 bits per heavy atom. The Morgan fingerprint density at radius 2 is 1.52 bits per heavy atom. The first-order chi connectivity index (χ1) is 15.2. The molecule has 0 radical (unpaired) electrons. The minimum absolute atomic E-state index is 0.0375. The van der Waals surface area contributed by atoms with Crippen LogP contribution in [0.15, 0.2) is 0 Å². The number of hydrogen-bond acceptors (Lipinski definition) is 7. The van der Waals surface area contributed by atoms with Gasteiger partial charge in [-0.2, -0.15) is 0 Å². The van der Waals surface area contributed by atoms with Crippen molar-refractivity contribution < 1.29 is 28.7 Å². The van der Waals surface area contributed by atoms with Crippen molar-refractivity contribution in [1.29, 1.82) is 0 Å². The third-order valence-corrected chi connectivity index (χ3v) is 4.66. The standard InChI is InChI=1S/C22H39N5O6/c1-12(2)8-14(18(29)25-16-10-23-27-20(31)17(16)28)24-19(30)15(9-13(3)4)26-21(32)33-11-22(5,6)7/h12-16,23H,8-11H2,1-7H3,(H,24,30)(H,25,29)(H,26,32)(H,27,31). The van der Waals surface area contributed by atoms with Crippen LogP contribution < -0.4 is 26.8 Å². The van der Waals surface area contributed by atoms with Gasteiger partial charge in [-0.05, 0) is 30.1 Å². The van der Waals surface area contributed by atoms with Gasteiger partial charge in [0, 0.05) is 6.54 Å². The predicted octanol–water partition coefficient (Wildman–Crippen LogP) is 0.393. The first kappa shape index (κ1) is 28.3. The molecule has 0 saturated carbocycles. The molecule has 0 aromatic heterocycles. The van der Waals surface area contributed by atoms with E-state index in [9.17, 15) is 24.0 Å². The van der Waals surface area contributed by atoms with E-state index in [0.717, 1.165) is 0 Å². The largest absolute Gasteiger partial charge is 0.449 e. The van der Waals surface area contributed by atoms with Gasteiger partial charge in [0.1, 0.15) is 18.1 Å². The quantitative estimate of drug-likeness (QED) is 0.290. The third kappa shape index (κ3) is 10.6. The molecule has 1 heterocycles. The molecule has 11 nitrogen and oxygen atoms in total. The maximum absolute atomic E-state index is 13.0. The molecular weight excluding hydrogens is 430 g/mol. The molecule has 3 unspecified atom stereocenters. The molecule has 0 aliphatic carbocycles. The van der Waals surface area contributed by atoms with Crippen LogP contribution in [0.25, 0.3) is 0 Å². The number of nitrogens with one attached hydrogen (secondary N) is 5. The molecule has 1 fully saturated rings. The number of hydrazine groups is 1. The average molecular weight is 470 g/mol. The molecule has 0 bridgehead atoms. The molecule has 0 aromatic carbocycles. The second kappa shape index (κ2) is 12.5. The highest BCUT2D eigenvalue weighted by atomic mass is 16.5. The summed E-state index contributed by atoms with van der Waals surface area (Å²) in [6.07, 6.45) is -0.0565. The van der Waals surface area contributed by atoms with Crippen molar-refractivity contribution in [3.63, 3.8) is 0 Å². The first-order valence-electron chi connectivity index (χ1n) is 11.3. The average Bonchev–Trinajstić information content (AvgIpc) is 2.67. The van der Waals surface area contributed by atoms with Crippen LogP contribution in [0, 0.1) is 17.3 Å². The summed E-state index contributed by atoms with van der Waals surface area (Å²) in [7, 11) is 0. The Balaban J connectivity index is 2.88. The normalized spacial score (nSPS) is 18.4. The lowest BCUT2D eigenvalue weighted by molar-refractivity contribution is -0.143. The van der Waals surface area contributed by atoms with Crippen molar-refractivity contribution >= 4 is 29.6 Å². The van der Waals surface area contributed by atoms with Gasteiger partial charge in [0.2, 0.25) is 17.6 Å². The smallest absolute Gasteiger partial charge is 0.407 e. The fraction of sp³-hybridized carbons (Fsp3) is 0.773. The summed E-state index contributed by atoms with van der Waals surface area (Å²) in [6.45, 7) is 13.6. The summed E-state index contributed by atoms with van der Waals surface area (Å²) in [4.78, 5) is 61.6.